The molecular formula is C8H12FNO. The van der Waals surface area contributed by atoms with Crippen molar-refractivity contribution in [1.29, 1.82) is 0 Å². The summed E-state index contributed by atoms with van der Waals surface area (Å²) in [4.78, 5) is 3.54. The molecule has 0 amide bonds. The summed E-state index contributed by atoms with van der Waals surface area (Å²) in [5, 5.41) is 0. The molecule has 0 radical (unpaired) electrons. The minimum absolute atomic E-state index is 0.300. The number of hydrogen-bond donors (Lipinski definition) is 0. The second-order valence-corrected chi connectivity index (χ2v) is 3.60. The molecule has 0 aliphatic heterocycles. The molecule has 0 N–H and O–H groups in total. The number of halogens is 1. The van der Waals surface area contributed by atoms with Crippen LogP contribution < -0.4 is 0 Å². The van der Waals surface area contributed by atoms with E-state index in [0.717, 1.165) is 0 Å². The number of hydrogen-bond acceptors (Lipinski definition) is 2. The van der Waals surface area contributed by atoms with Gasteiger partial charge in [-0.2, -0.15) is 9.37 Å². The third-order valence-electron chi connectivity index (χ3n) is 1.37. The van der Waals surface area contributed by atoms with Gasteiger partial charge in [-0.1, -0.05) is 20.8 Å². The number of aryl methyl sites for hydroxylation is 1. The largest absolute Gasteiger partial charge is 0.442 e. The van der Waals surface area contributed by atoms with Gasteiger partial charge in [0.1, 0.15) is 0 Å². The maximum atomic E-state index is 12.9. The van der Waals surface area contributed by atoms with Crippen LogP contribution in [0.25, 0.3) is 0 Å². The van der Waals surface area contributed by atoms with Gasteiger partial charge in [0.2, 0.25) is 0 Å². The predicted octanol–water partition coefficient (Wildman–Crippen LogP) is 2.42. The van der Waals surface area contributed by atoms with Gasteiger partial charge in [0.15, 0.2) is 11.7 Å². The number of rotatable bonds is 0. The van der Waals surface area contributed by atoms with E-state index in [1.54, 1.807) is 6.92 Å². The fourth-order valence-corrected chi connectivity index (χ4v) is 0.864. The van der Waals surface area contributed by atoms with Crippen molar-refractivity contribution in [3.05, 3.63) is 17.6 Å². The summed E-state index contributed by atoms with van der Waals surface area (Å²) in [6.07, 6.45) is 0. The van der Waals surface area contributed by atoms with E-state index in [1.165, 1.54) is 0 Å². The van der Waals surface area contributed by atoms with Crippen molar-refractivity contribution in [2.45, 2.75) is 33.1 Å². The monoisotopic (exact) mass is 157 g/mol. The second kappa shape index (κ2) is 2.32. The van der Waals surface area contributed by atoms with Crippen molar-refractivity contribution in [3.8, 4) is 0 Å². The van der Waals surface area contributed by atoms with E-state index < -0.39 is 5.95 Å². The Labute approximate surface area is 65.4 Å². The predicted molar refractivity (Wildman–Crippen MR) is 39.9 cm³/mol. The van der Waals surface area contributed by atoms with Gasteiger partial charge in [0.05, 0.1) is 0 Å². The van der Waals surface area contributed by atoms with Gasteiger partial charge in [-0.15, -0.1) is 0 Å². The molecule has 1 heterocycles. The molecule has 0 saturated heterocycles. The average Bonchev–Trinajstić information content (AvgIpc) is 2.08. The molecule has 0 atom stereocenters. The van der Waals surface area contributed by atoms with Crippen molar-refractivity contribution in [1.82, 2.24) is 4.98 Å². The molecule has 0 aliphatic rings. The summed E-state index contributed by atoms with van der Waals surface area (Å²) in [7, 11) is 0. The fourth-order valence-electron chi connectivity index (χ4n) is 0.864. The maximum Gasteiger partial charge on any atom is 0.255 e. The van der Waals surface area contributed by atoms with Gasteiger partial charge < -0.3 is 4.42 Å². The Morgan fingerprint density at radius 2 is 1.91 bits per heavy atom. The van der Waals surface area contributed by atoms with Crippen LogP contribution in [0.4, 0.5) is 4.39 Å². The molecule has 0 aliphatic carbocycles. The first-order valence-corrected chi connectivity index (χ1v) is 3.54. The molecule has 62 valence electrons. The smallest absolute Gasteiger partial charge is 0.255 e. The van der Waals surface area contributed by atoms with E-state index in [0.29, 0.717) is 11.7 Å². The van der Waals surface area contributed by atoms with Crippen LogP contribution in [0.1, 0.15) is 32.4 Å². The second-order valence-electron chi connectivity index (χ2n) is 3.60. The maximum absolute atomic E-state index is 12.9. The third kappa shape index (κ3) is 1.59. The number of oxazole rings is 1. The van der Waals surface area contributed by atoms with Crippen LogP contribution in [0.3, 0.4) is 0 Å². The Balaban J connectivity index is 3.13. The molecular weight excluding hydrogens is 145 g/mol. The lowest BCUT2D eigenvalue weighted by Gasteiger charge is -2.13. The van der Waals surface area contributed by atoms with Crippen LogP contribution in [0, 0.1) is 12.9 Å². The fraction of sp³-hybridized carbons (Fsp3) is 0.625. The molecule has 0 saturated carbocycles. The molecule has 11 heavy (non-hydrogen) atoms. The Hall–Kier alpha value is -0.860. The molecule has 0 fully saturated rings. The average molecular weight is 157 g/mol. The van der Waals surface area contributed by atoms with Crippen molar-refractivity contribution in [2.24, 2.45) is 0 Å². The highest BCUT2D eigenvalue weighted by atomic mass is 19.1. The minimum Gasteiger partial charge on any atom is -0.442 e. The molecule has 3 heteroatoms. The van der Waals surface area contributed by atoms with Gasteiger partial charge in [0.25, 0.3) is 5.95 Å². The zero-order chi connectivity index (χ0) is 8.65. The first kappa shape index (κ1) is 8.24. The summed E-state index contributed by atoms with van der Waals surface area (Å²) in [6, 6.07) is 0. The minimum atomic E-state index is -0.491. The van der Waals surface area contributed by atoms with E-state index in [4.69, 9.17) is 4.42 Å². The standard InChI is InChI=1S/C8H12FNO/c1-5-10-7(9)6(11-5)8(2,3)4/h1-4H3. The lowest BCUT2D eigenvalue weighted by molar-refractivity contribution is 0.371. The topological polar surface area (TPSA) is 26.0 Å². The van der Waals surface area contributed by atoms with Crippen LogP contribution in [0.5, 0.6) is 0 Å². The van der Waals surface area contributed by atoms with Gasteiger partial charge in [-0.3, -0.25) is 0 Å². The van der Waals surface area contributed by atoms with Crippen LogP contribution in [0.2, 0.25) is 0 Å². The van der Waals surface area contributed by atoms with E-state index in [-0.39, 0.29) is 5.41 Å². The van der Waals surface area contributed by atoms with E-state index in [1.807, 2.05) is 20.8 Å². The molecule has 1 aromatic heterocycles. The first-order valence-electron chi connectivity index (χ1n) is 3.54. The molecule has 0 unspecified atom stereocenters. The van der Waals surface area contributed by atoms with Crippen molar-refractivity contribution < 1.29 is 8.81 Å². The van der Waals surface area contributed by atoms with Crippen LogP contribution in [-0.4, -0.2) is 4.98 Å². The molecule has 0 aromatic carbocycles. The SMILES string of the molecule is Cc1nc(F)c(C(C)(C)C)o1. The number of aromatic nitrogens is 1. The highest BCUT2D eigenvalue weighted by Gasteiger charge is 2.24. The quantitative estimate of drug-likeness (QED) is 0.578. The van der Waals surface area contributed by atoms with Crippen LogP contribution >= 0.6 is 0 Å². The molecule has 2 nitrogen and oxygen atoms in total. The summed E-state index contributed by atoms with van der Waals surface area (Å²) in [5.74, 6) is 0.220. The molecule has 1 aromatic rings. The van der Waals surface area contributed by atoms with Crippen LogP contribution in [-0.2, 0) is 5.41 Å². The Kier molecular flexibility index (Phi) is 1.74. The van der Waals surface area contributed by atoms with Gasteiger partial charge >= 0.3 is 0 Å². The summed E-state index contributed by atoms with van der Waals surface area (Å²) >= 11 is 0. The van der Waals surface area contributed by atoms with Gasteiger partial charge in [0, 0.05) is 12.3 Å². The zero-order valence-electron chi connectivity index (χ0n) is 7.23. The summed E-state index contributed by atoms with van der Waals surface area (Å²) in [6.45, 7) is 7.29. The van der Waals surface area contributed by atoms with E-state index in [2.05, 4.69) is 4.98 Å². The first-order chi connectivity index (χ1) is 4.91. The Bertz CT molecular complexity index is 260. The van der Waals surface area contributed by atoms with E-state index >= 15 is 0 Å². The van der Waals surface area contributed by atoms with Gasteiger partial charge in [-0.05, 0) is 0 Å². The van der Waals surface area contributed by atoms with E-state index in [9.17, 15) is 4.39 Å². The molecule has 1 rings (SSSR count). The summed E-state index contributed by atoms with van der Waals surface area (Å²) < 4.78 is 18.0. The van der Waals surface area contributed by atoms with Crippen LogP contribution in [0.15, 0.2) is 4.42 Å². The Morgan fingerprint density at radius 1 is 1.36 bits per heavy atom. The zero-order valence-corrected chi connectivity index (χ0v) is 7.23. The lowest BCUT2D eigenvalue weighted by atomic mass is 9.94. The van der Waals surface area contributed by atoms with Gasteiger partial charge in [-0.25, -0.2) is 0 Å². The Morgan fingerprint density at radius 3 is 2.09 bits per heavy atom. The normalized spacial score (nSPS) is 12.1. The third-order valence-corrected chi connectivity index (χ3v) is 1.37. The molecule has 0 bridgehead atoms. The lowest BCUT2D eigenvalue weighted by Crippen LogP contribution is -2.11. The van der Waals surface area contributed by atoms with Crippen molar-refractivity contribution >= 4 is 0 Å². The highest BCUT2D eigenvalue weighted by molar-refractivity contribution is 5.07. The summed E-state index contributed by atoms with van der Waals surface area (Å²) in [5.41, 5.74) is -0.300. The van der Waals surface area contributed by atoms with Crippen molar-refractivity contribution in [2.75, 3.05) is 0 Å². The highest BCUT2D eigenvalue weighted by Crippen LogP contribution is 2.25. The molecule has 0 spiro atoms. The van der Waals surface area contributed by atoms with Crippen molar-refractivity contribution in [3.63, 3.8) is 0 Å². The number of nitrogens with zero attached hydrogens (tertiary/aromatic N) is 1.